The molecule has 2 heterocycles. The van der Waals surface area contributed by atoms with Crippen molar-refractivity contribution in [3.8, 4) is 0 Å². The van der Waals surface area contributed by atoms with Crippen molar-refractivity contribution in [1.82, 2.24) is 9.97 Å². The topological polar surface area (TPSA) is 66.3 Å². The fourth-order valence-electron chi connectivity index (χ4n) is 2.09. The Balaban J connectivity index is 2.33. The lowest BCUT2D eigenvalue weighted by atomic mass is 10.0. The summed E-state index contributed by atoms with van der Waals surface area (Å²) < 4.78 is 0. The third-order valence-electron chi connectivity index (χ3n) is 2.93. The van der Waals surface area contributed by atoms with Crippen molar-refractivity contribution >= 4 is 35.1 Å². The highest BCUT2D eigenvalue weighted by molar-refractivity contribution is 7.98. The Labute approximate surface area is 115 Å². The molecule has 5 nitrogen and oxygen atoms in total. The van der Waals surface area contributed by atoms with Crippen LogP contribution in [0.4, 0.5) is 5.82 Å². The number of hydrogen-bond donors (Lipinski definition) is 1. The molecule has 7 heteroatoms. The van der Waals surface area contributed by atoms with E-state index in [9.17, 15) is 9.90 Å². The van der Waals surface area contributed by atoms with Gasteiger partial charge in [-0.2, -0.15) is 0 Å². The van der Waals surface area contributed by atoms with Crippen LogP contribution in [0.25, 0.3) is 0 Å². The van der Waals surface area contributed by atoms with Gasteiger partial charge in [-0.3, -0.25) is 0 Å². The first-order chi connectivity index (χ1) is 8.61. The second kappa shape index (κ2) is 5.75. The largest absolute Gasteiger partial charge is 0.480 e. The molecule has 1 N–H and O–H groups in total. The van der Waals surface area contributed by atoms with Crippen LogP contribution in [-0.2, 0) is 4.79 Å². The van der Waals surface area contributed by atoms with Crippen LogP contribution >= 0.6 is 23.4 Å². The van der Waals surface area contributed by atoms with Crippen LogP contribution in [0.1, 0.15) is 19.3 Å². The molecule has 1 aromatic heterocycles. The zero-order chi connectivity index (χ0) is 13.1. The van der Waals surface area contributed by atoms with Crippen LogP contribution in [0, 0.1) is 0 Å². The Morgan fingerprint density at radius 1 is 1.56 bits per heavy atom. The first-order valence-corrected chi connectivity index (χ1v) is 7.30. The normalized spacial score (nSPS) is 19.9. The molecular formula is C11H14ClN3O2S. The molecule has 2 rings (SSSR count). The maximum atomic E-state index is 11.3. The molecule has 0 aliphatic carbocycles. The number of carbonyl (C=O) groups is 1. The van der Waals surface area contributed by atoms with Gasteiger partial charge in [0, 0.05) is 12.6 Å². The quantitative estimate of drug-likeness (QED) is 0.523. The predicted molar refractivity (Wildman–Crippen MR) is 71.4 cm³/mol. The van der Waals surface area contributed by atoms with Gasteiger partial charge < -0.3 is 10.0 Å². The van der Waals surface area contributed by atoms with Crippen LogP contribution in [-0.4, -0.2) is 39.9 Å². The molecule has 1 unspecified atom stereocenters. The number of carboxylic acids is 1. The van der Waals surface area contributed by atoms with E-state index in [2.05, 4.69) is 9.97 Å². The number of rotatable bonds is 3. The van der Waals surface area contributed by atoms with Gasteiger partial charge in [-0.05, 0) is 25.5 Å². The number of aliphatic carboxylic acids is 1. The average molecular weight is 288 g/mol. The van der Waals surface area contributed by atoms with Crippen molar-refractivity contribution in [3.05, 3.63) is 11.2 Å². The minimum Gasteiger partial charge on any atom is -0.480 e. The Morgan fingerprint density at radius 2 is 2.33 bits per heavy atom. The van der Waals surface area contributed by atoms with Crippen LogP contribution in [0.2, 0.25) is 5.15 Å². The van der Waals surface area contributed by atoms with Gasteiger partial charge in [-0.15, -0.1) is 0 Å². The summed E-state index contributed by atoms with van der Waals surface area (Å²) >= 11 is 7.33. The number of aromatic nitrogens is 2. The molecule has 0 bridgehead atoms. The number of hydrogen-bond acceptors (Lipinski definition) is 5. The van der Waals surface area contributed by atoms with Crippen LogP contribution < -0.4 is 4.90 Å². The summed E-state index contributed by atoms with van der Waals surface area (Å²) in [7, 11) is 0. The van der Waals surface area contributed by atoms with Gasteiger partial charge in [-0.1, -0.05) is 23.4 Å². The molecule has 0 aromatic carbocycles. The molecule has 0 amide bonds. The van der Waals surface area contributed by atoms with E-state index < -0.39 is 12.0 Å². The highest BCUT2D eigenvalue weighted by atomic mass is 35.5. The number of nitrogens with zero attached hydrogens (tertiary/aromatic N) is 3. The standard InChI is InChI=1S/C11H14ClN3O2S/c1-18-11-13-8(12)6-9(14-11)15-5-3-2-4-7(15)10(16)17/h6-7H,2-5H2,1H3,(H,16,17). The molecule has 18 heavy (non-hydrogen) atoms. The first-order valence-electron chi connectivity index (χ1n) is 5.70. The van der Waals surface area contributed by atoms with E-state index in [0.29, 0.717) is 29.1 Å². The summed E-state index contributed by atoms with van der Waals surface area (Å²) in [5, 5.41) is 10.2. The summed E-state index contributed by atoms with van der Waals surface area (Å²) in [5.74, 6) is -0.207. The summed E-state index contributed by atoms with van der Waals surface area (Å²) in [5.41, 5.74) is 0. The van der Waals surface area contributed by atoms with E-state index in [1.807, 2.05) is 6.26 Å². The van der Waals surface area contributed by atoms with Crippen LogP contribution in [0.5, 0.6) is 0 Å². The second-order valence-electron chi connectivity index (χ2n) is 4.08. The van der Waals surface area contributed by atoms with E-state index >= 15 is 0 Å². The van der Waals surface area contributed by atoms with Crippen molar-refractivity contribution in [2.45, 2.75) is 30.5 Å². The molecule has 0 saturated carbocycles. The van der Waals surface area contributed by atoms with Crippen molar-refractivity contribution in [3.63, 3.8) is 0 Å². The molecule has 0 radical (unpaired) electrons. The fourth-order valence-corrected chi connectivity index (χ4v) is 2.69. The maximum Gasteiger partial charge on any atom is 0.326 e. The molecule has 1 fully saturated rings. The maximum absolute atomic E-state index is 11.3. The molecule has 1 aromatic rings. The third kappa shape index (κ3) is 2.87. The van der Waals surface area contributed by atoms with E-state index in [1.54, 1.807) is 11.0 Å². The van der Waals surface area contributed by atoms with Crippen LogP contribution in [0.3, 0.4) is 0 Å². The second-order valence-corrected chi connectivity index (χ2v) is 5.24. The third-order valence-corrected chi connectivity index (χ3v) is 3.67. The molecule has 1 atom stereocenters. The monoisotopic (exact) mass is 287 g/mol. The summed E-state index contributed by atoms with van der Waals surface area (Å²) in [4.78, 5) is 21.5. The Morgan fingerprint density at radius 3 is 3.00 bits per heavy atom. The van der Waals surface area contributed by atoms with Gasteiger partial charge in [0.25, 0.3) is 0 Å². The lowest BCUT2D eigenvalue weighted by Gasteiger charge is -2.33. The Bertz CT molecular complexity index is 458. The van der Waals surface area contributed by atoms with Gasteiger partial charge in [0.1, 0.15) is 17.0 Å². The average Bonchev–Trinajstić information content (AvgIpc) is 2.38. The van der Waals surface area contributed by atoms with Crippen molar-refractivity contribution in [2.75, 3.05) is 17.7 Å². The van der Waals surface area contributed by atoms with E-state index in [4.69, 9.17) is 11.6 Å². The lowest BCUT2D eigenvalue weighted by Crippen LogP contribution is -2.45. The van der Waals surface area contributed by atoms with Gasteiger partial charge in [0.2, 0.25) is 0 Å². The lowest BCUT2D eigenvalue weighted by molar-refractivity contribution is -0.139. The smallest absolute Gasteiger partial charge is 0.326 e. The van der Waals surface area contributed by atoms with E-state index in [-0.39, 0.29) is 0 Å². The van der Waals surface area contributed by atoms with E-state index in [1.165, 1.54) is 11.8 Å². The van der Waals surface area contributed by atoms with Crippen molar-refractivity contribution < 1.29 is 9.90 Å². The van der Waals surface area contributed by atoms with Crippen LogP contribution in [0.15, 0.2) is 11.2 Å². The van der Waals surface area contributed by atoms with Gasteiger partial charge in [0.05, 0.1) is 0 Å². The zero-order valence-electron chi connectivity index (χ0n) is 9.97. The highest BCUT2D eigenvalue weighted by Gasteiger charge is 2.29. The Kier molecular flexibility index (Phi) is 4.29. The summed E-state index contributed by atoms with van der Waals surface area (Å²) in [6.45, 7) is 0.693. The van der Waals surface area contributed by atoms with Gasteiger partial charge in [0.15, 0.2) is 5.16 Å². The fraction of sp³-hybridized carbons (Fsp3) is 0.545. The summed E-state index contributed by atoms with van der Waals surface area (Å²) in [6.07, 6.45) is 4.41. The summed E-state index contributed by atoms with van der Waals surface area (Å²) in [6, 6.07) is 1.11. The molecule has 1 saturated heterocycles. The Hall–Kier alpha value is -1.01. The molecular weight excluding hydrogens is 274 g/mol. The van der Waals surface area contributed by atoms with E-state index in [0.717, 1.165) is 12.8 Å². The molecule has 1 aliphatic rings. The van der Waals surface area contributed by atoms with Crippen molar-refractivity contribution in [1.29, 1.82) is 0 Å². The first kappa shape index (κ1) is 13.4. The molecule has 98 valence electrons. The number of carboxylic acid groups (broad SMARTS) is 1. The minimum atomic E-state index is -0.810. The molecule has 1 aliphatic heterocycles. The zero-order valence-corrected chi connectivity index (χ0v) is 11.5. The number of anilines is 1. The number of thioether (sulfide) groups is 1. The van der Waals surface area contributed by atoms with Gasteiger partial charge in [-0.25, -0.2) is 14.8 Å². The minimum absolute atomic E-state index is 0.346. The predicted octanol–water partition coefficient (Wildman–Crippen LogP) is 2.30. The number of piperidine rings is 1. The van der Waals surface area contributed by atoms with Gasteiger partial charge >= 0.3 is 5.97 Å². The number of halogens is 1. The van der Waals surface area contributed by atoms with Crippen molar-refractivity contribution in [2.24, 2.45) is 0 Å². The SMILES string of the molecule is CSc1nc(Cl)cc(N2CCCCC2C(=O)O)n1. The highest BCUT2D eigenvalue weighted by Crippen LogP contribution is 2.26. The molecule has 0 spiro atoms.